The molecule has 168 valence electrons. The molecule has 2 amide bonds. The van der Waals surface area contributed by atoms with Crippen LogP contribution in [0.4, 0.5) is 0 Å². The lowest BCUT2D eigenvalue weighted by molar-refractivity contribution is -0.120. The van der Waals surface area contributed by atoms with Gasteiger partial charge in [0.2, 0.25) is 0 Å². The van der Waals surface area contributed by atoms with Gasteiger partial charge in [-0.05, 0) is 67.1 Å². The van der Waals surface area contributed by atoms with Crippen LogP contribution < -0.4 is 15.5 Å². The third-order valence-electron chi connectivity index (χ3n) is 4.33. The van der Waals surface area contributed by atoms with Crippen molar-refractivity contribution in [3.8, 4) is 5.75 Å². The molecule has 0 aliphatic carbocycles. The second kappa shape index (κ2) is 11.3. The van der Waals surface area contributed by atoms with Gasteiger partial charge in [-0.3, -0.25) is 9.59 Å². The van der Waals surface area contributed by atoms with Crippen molar-refractivity contribution in [2.75, 3.05) is 6.54 Å². The second-order valence-electron chi connectivity index (χ2n) is 6.93. The maximum absolute atomic E-state index is 12.2. The molecule has 0 aliphatic rings. The fourth-order valence-corrected chi connectivity index (χ4v) is 3.19. The summed E-state index contributed by atoms with van der Waals surface area (Å²) >= 11 is 11.8. The van der Waals surface area contributed by atoms with E-state index in [4.69, 9.17) is 27.9 Å². The molecule has 2 N–H and O–H groups in total. The molecule has 3 aromatic carbocycles. The number of esters is 1. The van der Waals surface area contributed by atoms with E-state index in [9.17, 15) is 14.4 Å². The molecule has 0 saturated heterocycles. The second-order valence-corrected chi connectivity index (χ2v) is 7.77. The minimum atomic E-state index is -0.613. The summed E-state index contributed by atoms with van der Waals surface area (Å²) in [6.07, 6.45) is 1.42. The molecule has 0 saturated carbocycles. The molecule has 0 radical (unpaired) electrons. The van der Waals surface area contributed by atoms with Crippen molar-refractivity contribution in [2.45, 2.75) is 6.92 Å². The standard InChI is InChI=1S/C24H19Cl2N3O4/c1-15-3-2-4-17(11-15)23(31)27-14-22(30)29-28-13-16-5-8-19(9-6-16)33-24(32)20-10-7-18(25)12-21(20)26/h2-13H,14H2,1H3,(H,27,31)(H,29,30)/b28-13-. The molecule has 0 heterocycles. The monoisotopic (exact) mass is 483 g/mol. The Morgan fingerprint density at radius 1 is 1.00 bits per heavy atom. The van der Waals surface area contributed by atoms with Crippen molar-refractivity contribution in [3.63, 3.8) is 0 Å². The first kappa shape index (κ1) is 24.0. The Kier molecular flexibility index (Phi) is 8.18. The van der Waals surface area contributed by atoms with Gasteiger partial charge in [0.1, 0.15) is 5.75 Å². The number of nitrogens with one attached hydrogen (secondary N) is 2. The van der Waals surface area contributed by atoms with Crippen LogP contribution in [0.3, 0.4) is 0 Å². The van der Waals surface area contributed by atoms with E-state index in [0.29, 0.717) is 21.9 Å². The number of rotatable bonds is 7. The topological polar surface area (TPSA) is 96.9 Å². The van der Waals surface area contributed by atoms with Gasteiger partial charge >= 0.3 is 5.97 Å². The summed E-state index contributed by atoms with van der Waals surface area (Å²) in [5.74, 6) is -1.12. The van der Waals surface area contributed by atoms with E-state index >= 15 is 0 Å². The first-order valence-corrected chi connectivity index (χ1v) is 10.5. The van der Waals surface area contributed by atoms with Crippen LogP contribution in [0.2, 0.25) is 10.0 Å². The zero-order valence-corrected chi connectivity index (χ0v) is 19.0. The molecular formula is C24H19Cl2N3O4. The predicted molar refractivity (Wildman–Crippen MR) is 127 cm³/mol. The minimum absolute atomic E-state index is 0.196. The highest BCUT2D eigenvalue weighted by atomic mass is 35.5. The van der Waals surface area contributed by atoms with Gasteiger partial charge in [0, 0.05) is 10.6 Å². The molecule has 3 aromatic rings. The lowest BCUT2D eigenvalue weighted by atomic mass is 10.1. The maximum Gasteiger partial charge on any atom is 0.345 e. The average molecular weight is 484 g/mol. The summed E-state index contributed by atoms with van der Waals surface area (Å²) in [6, 6.07) is 18.0. The molecule has 0 aromatic heterocycles. The van der Waals surface area contributed by atoms with Crippen LogP contribution in [0.15, 0.2) is 71.8 Å². The van der Waals surface area contributed by atoms with Crippen molar-refractivity contribution >= 4 is 47.2 Å². The van der Waals surface area contributed by atoms with Crippen molar-refractivity contribution < 1.29 is 19.1 Å². The first-order chi connectivity index (χ1) is 15.8. The largest absolute Gasteiger partial charge is 0.423 e. The summed E-state index contributed by atoms with van der Waals surface area (Å²) < 4.78 is 5.30. The maximum atomic E-state index is 12.2. The molecule has 0 fully saturated rings. The van der Waals surface area contributed by atoms with Crippen LogP contribution in [0, 0.1) is 6.92 Å². The number of halogens is 2. The predicted octanol–water partition coefficient (Wildman–Crippen LogP) is 4.40. The van der Waals surface area contributed by atoms with E-state index in [1.165, 1.54) is 18.3 Å². The van der Waals surface area contributed by atoms with Gasteiger partial charge in [-0.25, -0.2) is 10.2 Å². The van der Waals surface area contributed by atoms with Crippen LogP contribution >= 0.6 is 23.2 Å². The summed E-state index contributed by atoms with van der Waals surface area (Å²) in [6.45, 7) is 1.66. The number of hydrazone groups is 1. The number of amides is 2. The SMILES string of the molecule is Cc1cccc(C(=O)NCC(=O)N/N=C\c2ccc(OC(=O)c3ccc(Cl)cc3Cl)cc2)c1. The summed E-state index contributed by atoms with van der Waals surface area (Å²) in [7, 11) is 0. The van der Waals surface area contributed by atoms with Gasteiger partial charge in [0.25, 0.3) is 11.8 Å². The quantitative estimate of drug-likeness (QED) is 0.225. The number of carbonyl (C=O) groups excluding carboxylic acids is 3. The molecule has 0 spiro atoms. The number of hydrogen-bond donors (Lipinski definition) is 2. The normalized spacial score (nSPS) is 10.6. The van der Waals surface area contributed by atoms with Gasteiger partial charge in [-0.2, -0.15) is 5.10 Å². The lowest BCUT2D eigenvalue weighted by Gasteiger charge is -2.06. The fraction of sp³-hybridized carbons (Fsp3) is 0.0833. The molecule has 0 unspecified atom stereocenters. The Hall–Kier alpha value is -3.68. The van der Waals surface area contributed by atoms with E-state index in [0.717, 1.165) is 5.56 Å². The van der Waals surface area contributed by atoms with Crippen LogP contribution in [-0.2, 0) is 4.79 Å². The van der Waals surface area contributed by atoms with Gasteiger partial charge < -0.3 is 10.1 Å². The Balaban J connectivity index is 1.47. The highest BCUT2D eigenvalue weighted by molar-refractivity contribution is 6.36. The van der Waals surface area contributed by atoms with E-state index in [-0.39, 0.29) is 23.0 Å². The summed E-state index contributed by atoms with van der Waals surface area (Å²) in [4.78, 5) is 36.2. The Bertz CT molecular complexity index is 1210. The first-order valence-electron chi connectivity index (χ1n) is 9.76. The van der Waals surface area contributed by atoms with E-state index in [1.54, 1.807) is 48.5 Å². The van der Waals surface area contributed by atoms with Crippen LogP contribution in [0.5, 0.6) is 5.75 Å². The van der Waals surface area contributed by atoms with Gasteiger partial charge in [-0.1, -0.05) is 40.9 Å². The van der Waals surface area contributed by atoms with Crippen molar-refractivity contribution in [2.24, 2.45) is 5.10 Å². The van der Waals surface area contributed by atoms with E-state index in [1.807, 2.05) is 13.0 Å². The molecule has 0 atom stereocenters. The average Bonchev–Trinajstić information content (AvgIpc) is 2.78. The molecule has 0 bridgehead atoms. The molecule has 33 heavy (non-hydrogen) atoms. The van der Waals surface area contributed by atoms with Gasteiger partial charge in [-0.15, -0.1) is 0 Å². The molecule has 7 nitrogen and oxygen atoms in total. The third-order valence-corrected chi connectivity index (χ3v) is 4.88. The fourth-order valence-electron chi connectivity index (χ4n) is 2.71. The van der Waals surface area contributed by atoms with Gasteiger partial charge in [0.15, 0.2) is 0 Å². The van der Waals surface area contributed by atoms with Crippen molar-refractivity contribution in [1.29, 1.82) is 0 Å². The third kappa shape index (κ3) is 7.17. The Labute approximate surface area is 200 Å². The minimum Gasteiger partial charge on any atom is -0.423 e. The van der Waals surface area contributed by atoms with E-state index in [2.05, 4.69) is 15.8 Å². The van der Waals surface area contributed by atoms with Crippen molar-refractivity contribution in [1.82, 2.24) is 10.7 Å². The smallest absolute Gasteiger partial charge is 0.345 e. The molecule has 0 aliphatic heterocycles. The number of carbonyl (C=O) groups is 3. The number of ether oxygens (including phenoxy) is 1. The zero-order chi connectivity index (χ0) is 23.8. The molecular weight excluding hydrogens is 465 g/mol. The summed E-state index contributed by atoms with van der Waals surface area (Å²) in [5, 5.41) is 7.00. The van der Waals surface area contributed by atoms with Crippen molar-refractivity contribution in [3.05, 3.63) is 99.0 Å². The number of aryl methyl sites for hydroxylation is 1. The summed E-state index contributed by atoms with van der Waals surface area (Å²) in [5.41, 5.74) is 4.61. The Morgan fingerprint density at radius 3 is 2.45 bits per heavy atom. The highest BCUT2D eigenvalue weighted by Crippen LogP contribution is 2.23. The highest BCUT2D eigenvalue weighted by Gasteiger charge is 2.13. The number of hydrogen-bond acceptors (Lipinski definition) is 5. The Morgan fingerprint density at radius 2 is 1.76 bits per heavy atom. The van der Waals surface area contributed by atoms with Crippen LogP contribution in [-0.4, -0.2) is 30.5 Å². The number of nitrogens with zero attached hydrogens (tertiary/aromatic N) is 1. The molecule has 3 rings (SSSR count). The lowest BCUT2D eigenvalue weighted by Crippen LogP contribution is -2.34. The van der Waals surface area contributed by atoms with Crippen LogP contribution in [0.1, 0.15) is 31.8 Å². The number of benzene rings is 3. The molecule has 9 heteroatoms. The van der Waals surface area contributed by atoms with Gasteiger partial charge in [0.05, 0.1) is 23.3 Å². The zero-order valence-electron chi connectivity index (χ0n) is 17.5. The van der Waals surface area contributed by atoms with E-state index < -0.39 is 11.9 Å². The van der Waals surface area contributed by atoms with Crippen LogP contribution in [0.25, 0.3) is 0 Å².